The third-order valence-corrected chi connectivity index (χ3v) is 3.81. The lowest BCUT2D eigenvalue weighted by molar-refractivity contribution is -0.123. The lowest BCUT2D eigenvalue weighted by Gasteiger charge is -2.13. The SMILES string of the molecule is CCOc1ccc(CNC(=O)COc2ccc(Br)cc2)cc1OCC. The Morgan fingerprint density at radius 1 is 0.960 bits per heavy atom. The zero-order chi connectivity index (χ0) is 18.1. The maximum absolute atomic E-state index is 11.9. The van der Waals surface area contributed by atoms with Crippen molar-refractivity contribution in [2.75, 3.05) is 19.8 Å². The molecule has 0 radical (unpaired) electrons. The van der Waals surface area contributed by atoms with E-state index in [1.807, 2.05) is 44.2 Å². The van der Waals surface area contributed by atoms with Gasteiger partial charge in [-0.2, -0.15) is 0 Å². The van der Waals surface area contributed by atoms with Crippen molar-refractivity contribution in [2.24, 2.45) is 0 Å². The lowest BCUT2D eigenvalue weighted by atomic mass is 10.2. The number of nitrogens with one attached hydrogen (secondary N) is 1. The summed E-state index contributed by atoms with van der Waals surface area (Å²) < 4.78 is 17.5. The van der Waals surface area contributed by atoms with E-state index >= 15 is 0 Å². The summed E-state index contributed by atoms with van der Waals surface area (Å²) in [5.41, 5.74) is 0.934. The summed E-state index contributed by atoms with van der Waals surface area (Å²) in [6, 6.07) is 13.0. The van der Waals surface area contributed by atoms with Crippen LogP contribution < -0.4 is 19.5 Å². The Hall–Kier alpha value is -2.21. The smallest absolute Gasteiger partial charge is 0.258 e. The van der Waals surface area contributed by atoms with E-state index in [-0.39, 0.29) is 12.5 Å². The first-order valence-electron chi connectivity index (χ1n) is 8.16. The fraction of sp³-hybridized carbons (Fsp3) is 0.316. The van der Waals surface area contributed by atoms with Crippen LogP contribution in [0.25, 0.3) is 0 Å². The standard InChI is InChI=1S/C19H22BrNO4/c1-3-23-17-10-5-14(11-18(17)24-4-2)12-21-19(22)13-25-16-8-6-15(20)7-9-16/h5-11H,3-4,12-13H2,1-2H3,(H,21,22). The van der Waals surface area contributed by atoms with Crippen LogP contribution >= 0.6 is 15.9 Å². The van der Waals surface area contributed by atoms with Crippen molar-refractivity contribution in [2.45, 2.75) is 20.4 Å². The molecule has 0 aromatic heterocycles. The molecule has 5 nitrogen and oxygen atoms in total. The molecule has 0 aliphatic carbocycles. The van der Waals surface area contributed by atoms with Crippen LogP contribution in [0.4, 0.5) is 0 Å². The average Bonchev–Trinajstić information content (AvgIpc) is 2.62. The second kappa shape index (κ2) is 9.93. The Morgan fingerprint density at radius 2 is 1.64 bits per heavy atom. The first kappa shape index (κ1) is 19.1. The molecule has 1 N–H and O–H groups in total. The van der Waals surface area contributed by atoms with Crippen LogP contribution in [0.15, 0.2) is 46.9 Å². The largest absolute Gasteiger partial charge is 0.490 e. The van der Waals surface area contributed by atoms with E-state index < -0.39 is 0 Å². The summed E-state index contributed by atoms with van der Waals surface area (Å²) >= 11 is 3.35. The Balaban J connectivity index is 1.86. The van der Waals surface area contributed by atoms with Crippen LogP contribution in [0.1, 0.15) is 19.4 Å². The third kappa shape index (κ3) is 6.31. The number of amides is 1. The summed E-state index contributed by atoms with van der Waals surface area (Å²) in [5.74, 6) is 1.85. The van der Waals surface area contributed by atoms with Crippen LogP contribution in [0.5, 0.6) is 17.2 Å². The Morgan fingerprint density at radius 3 is 2.32 bits per heavy atom. The van der Waals surface area contributed by atoms with Gasteiger partial charge in [-0.3, -0.25) is 4.79 Å². The number of carbonyl (C=O) groups is 1. The topological polar surface area (TPSA) is 56.8 Å². The molecule has 2 aromatic rings. The van der Waals surface area contributed by atoms with E-state index in [0.717, 1.165) is 10.0 Å². The number of halogens is 1. The van der Waals surface area contributed by atoms with Crippen molar-refractivity contribution in [1.29, 1.82) is 0 Å². The molecule has 0 aliphatic rings. The van der Waals surface area contributed by atoms with Crippen LogP contribution in [-0.4, -0.2) is 25.7 Å². The number of benzene rings is 2. The molecule has 134 valence electrons. The highest BCUT2D eigenvalue weighted by atomic mass is 79.9. The number of rotatable bonds is 9. The highest BCUT2D eigenvalue weighted by molar-refractivity contribution is 9.10. The summed E-state index contributed by atoms with van der Waals surface area (Å²) in [7, 11) is 0. The van der Waals surface area contributed by atoms with Gasteiger partial charge in [0, 0.05) is 11.0 Å². The molecule has 25 heavy (non-hydrogen) atoms. The van der Waals surface area contributed by atoms with Gasteiger partial charge in [0.05, 0.1) is 13.2 Å². The van der Waals surface area contributed by atoms with Crippen LogP contribution in [0.3, 0.4) is 0 Å². The normalized spacial score (nSPS) is 10.2. The minimum absolute atomic E-state index is 0.0308. The maximum atomic E-state index is 11.9. The van der Waals surface area contributed by atoms with Gasteiger partial charge in [0.2, 0.25) is 0 Å². The van der Waals surface area contributed by atoms with Crippen molar-refractivity contribution in [1.82, 2.24) is 5.32 Å². The lowest BCUT2D eigenvalue weighted by Crippen LogP contribution is -2.28. The molecular formula is C19H22BrNO4. The Kier molecular flexibility index (Phi) is 7.60. The van der Waals surface area contributed by atoms with E-state index in [1.54, 1.807) is 12.1 Å². The van der Waals surface area contributed by atoms with E-state index in [1.165, 1.54) is 0 Å². The molecule has 1 amide bonds. The molecule has 0 spiro atoms. The molecule has 0 bridgehead atoms. The van der Waals surface area contributed by atoms with Gasteiger partial charge in [-0.05, 0) is 55.8 Å². The maximum Gasteiger partial charge on any atom is 0.258 e. The van der Waals surface area contributed by atoms with Gasteiger partial charge < -0.3 is 19.5 Å². The number of hydrogen-bond donors (Lipinski definition) is 1. The molecule has 2 aromatic carbocycles. The van der Waals surface area contributed by atoms with Crippen molar-refractivity contribution in [3.8, 4) is 17.2 Å². The summed E-state index contributed by atoms with van der Waals surface area (Å²) in [6.07, 6.45) is 0. The fourth-order valence-corrected chi connectivity index (χ4v) is 2.40. The second-order valence-corrected chi connectivity index (χ2v) is 6.08. The number of carbonyl (C=O) groups excluding carboxylic acids is 1. The number of hydrogen-bond acceptors (Lipinski definition) is 4. The zero-order valence-electron chi connectivity index (χ0n) is 14.4. The van der Waals surface area contributed by atoms with Gasteiger partial charge in [-0.15, -0.1) is 0 Å². The van der Waals surface area contributed by atoms with E-state index in [0.29, 0.717) is 37.0 Å². The summed E-state index contributed by atoms with van der Waals surface area (Å²) in [4.78, 5) is 11.9. The average molecular weight is 408 g/mol. The monoisotopic (exact) mass is 407 g/mol. The third-order valence-electron chi connectivity index (χ3n) is 3.28. The van der Waals surface area contributed by atoms with Gasteiger partial charge >= 0.3 is 0 Å². The quantitative estimate of drug-likeness (QED) is 0.683. The molecule has 0 atom stereocenters. The van der Waals surface area contributed by atoms with Crippen LogP contribution in [0, 0.1) is 0 Å². The zero-order valence-corrected chi connectivity index (χ0v) is 16.0. The van der Waals surface area contributed by atoms with Crippen molar-refractivity contribution in [3.63, 3.8) is 0 Å². The minimum Gasteiger partial charge on any atom is -0.490 e. The van der Waals surface area contributed by atoms with Gasteiger partial charge in [-0.25, -0.2) is 0 Å². The van der Waals surface area contributed by atoms with Gasteiger partial charge in [0.15, 0.2) is 18.1 Å². The molecule has 2 rings (SSSR count). The van der Waals surface area contributed by atoms with Crippen LogP contribution in [-0.2, 0) is 11.3 Å². The minimum atomic E-state index is -0.185. The molecule has 0 heterocycles. The molecule has 0 unspecified atom stereocenters. The Bertz CT molecular complexity index is 688. The molecule has 0 saturated heterocycles. The fourth-order valence-electron chi connectivity index (χ4n) is 2.14. The molecule has 0 saturated carbocycles. The predicted molar refractivity (Wildman–Crippen MR) is 100 cm³/mol. The first-order chi connectivity index (χ1) is 12.1. The highest BCUT2D eigenvalue weighted by Crippen LogP contribution is 2.28. The molecule has 0 fully saturated rings. The van der Waals surface area contributed by atoms with E-state index in [2.05, 4.69) is 21.2 Å². The number of ether oxygens (including phenoxy) is 3. The van der Waals surface area contributed by atoms with Gasteiger partial charge in [0.1, 0.15) is 5.75 Å². The van der Waals surface area contributed by atoms with Crippen molar-refractivity contribution >= 4 is 21.8 Å². The van der Waals surface area contributed by atoms with Gasteiger partial charge in [-0.1, -0.05) is 22.0 Å². The summed E-state index contributed by atoms with van der Waals surface area (Å²) in [6.45, 7) is 5.34. The molecular weight excluding hydrogens is 386 g/mol. The van der Waals surface area contributed by atoms with E-state index in [9.17, 15) is 4.79 Å². The van der Waals surface area contributed by atoms with Crippen molar-refractivity contribution < 1.29 is 19.0 Å². The molecule has 0 aliphatic heterocycles. The van der Waals surface area contributed by atoms with Gasteiger partial charge in [0.25, 0.3) is 5.91 Å². The van der Waals surface area contributed by atoms with Crippen LogP contribution in [0.2, 0.25) is 0 Å². The second-order valence-electron chi connectivity index (χ2n) is 5.17. The predicted octanol–water partition coefficient (Wildman–Crippen LogP) is 3.94. The molecule has 6 heteroatoms. The first-order valence-corrected chi connectivity index (χ1v) is 8.95. The van der Waals surface area contributed by atoms with Crippen molar-refractivity contribution in [3.05, 3.63) is 52.5 Å². The summed E-state index contributed by atoms with van der Waals surface area (Å²) in [5, 5.41) is 2.83. The Labute approximate surface area is 156 Å². The van der Waals surface area contributed by atoms with E-state index in [4.69, 9.17) is 14.2 Å². The highest BCUT2D eigenvalue weighted by Gasteiger charge is 2.08.